The molecule has 2 aliphatic heterocycles. The molecule has 1 N–H and O–H groups in total. The lowest BCUT2D eigenvalue weighted by Crippen LogP contribution is -2.52. The fraction of sp³-hybridized carbons (Fsp3) is 0.462. The number of amides is 2. The molecule has 6 nitrogen and oxygen atoms in total. The van der Waals surface area contributed by atoms with Crippen LogP contribution in [0.25, 0.3) is 0 Å². The third-order valence-electron chi connectivity index (χ3n) is 6.70. The maximum absolute atomic E-state index is 13.0. The molecule has 0 saturated carbocycles. The van der Waals surface area contributed by atoms with Crippen molar-refractivity contribution < 1.29 is 19.1 Å². The number of methoxy groups -OCH3 is 1. The molecular weight excluding hydrogens is 404 g/mol. The quantitative estimate of drug-likeness (QED) is 0.702. The average Bonchev–Trinajstić information content (AvgIpc) is 2.80. The summed E-state index contributed by atoms with van der Waals surface area (Å²) in [4.78, 5) is 27.5. The monoisotopic (exact) mass is 436 g/mol. The minimum atomic E-state index is -0.339. The Hall–Kier alpha value is -2.86. The molecule has 2 aliphatic rings. The van der Waals surface area contributed by atoms with Gasteiger partial charge in [0, 0.05) is 57.5 Å². The van der Waals surface area contributed by atoms with E-state index in [0.717, 1.165) is 41.7 Å². The summed E-state index contributed by atoms with van der Waals surface area (Å²) in [7, 11) is 1.63. The minimum Gasteiger partial charge on any atom is -0.487 e. The molecule has 2 amide bonds. The fourth-order valence-electron chi connectivity index (χ4n) is 4.92. The third-order valence-corrected chi connectivity index (χ3v) is 6.70. The number of hydrogen-bond donors (Lipinski definition) is 1. The molecule has 170 valence electrons. The second-order valence-corrected chi connectivity index (χ2v) is 8.88. The van der Waals surface area contributed by atoms with Crippen molar-refractivity contribution in [2.75, 3.05) is 33.4 Å². The van der Waals surface area contributed by atoms with E-state index < -0.39 is 0 Å². The number of rotatable bonds is 6. The predicted octanol–water partition coefficient (Wildman–Crippen LogP) is 3.69. The zero-order valence-electron chi connectivity index (χ0n) is 18.9. The van der Waals surface area contributed by atoms with Crippen LogP contribution in [0.15, 0.2) is 48.5 Å². The second kappa shape index (κ2) is 9.74. The zero-order valence-corrected chi connectivity index (χ0v) is 18.9. The van der Waals surface area contributed by atoms with E-state index in [1.165, 1.54) is 0 Å². The highest BCUT2D eigenvalue weighted by atomic mass is 16.5. The smallest absolute Gasteiger partial charge is 0.254 e. The van der Waals surface area contributed by atoms with Crippen molar-refractivity contribution in [2.24, 2.45) is 0 Å². The lowest BCUT2D eigenvalue weighted by atomic mass is 9.76. The van der Waals surface area contributed by atoms with Gasteiger partial charge in [-0.2, -0.15) is 0 Å². The van der Waals surface area contributed by atoms with Gasteiger partial charge in [0.1, 0.15) is 11.4 Å². The lowest BCUT2D eigenvalue weighted by Gasteiger charge is -2.47. The van der Waals surface area contributed by atoms with Crippen LogP contribution in [0.1, 0.15) is 53.1 Å². The van der Waals surface area contributed by atoms with Crippen LogP contribution in [0.3, 0.4) is 0 Å². The molecule has 2 aromatic rings. The van der Waals surface area contributed by atoms with Gasteiger partial charge in [0.05, 0.1) is 6.61 Å². The Balaban J connectivity index is 1.45. The van der Waals surface area contributed by atoms with Crippen LogP contribution in [-0.2, 0) is 9.53 Å². The molecule has 1 saturated heterocycles. The van der Waals surface area contributed by atoms with Crippen LogP contribution in [-0.4, -0.2) is 55.7 Å². The first-order chi connectivity index (χ1) is 15.5. The van der Waals surface area contributed by atoms with Gasteiger partial charge in [-0.15, -0.1) is 0 Å². The standard InChI is InChI=1S/C26H32N2O4/c1-19-7-3-4-8-21(19)25(30)28-14-11-26(12-15-28)18-20(17-24(29)27-13-16-31-2)22-9-5-6-10-23(22)32-26/h3-10,20H,11-18H2,1-2H3,(H,27,29). The van der Waals surface area contributed by atoms with E-state index in [0.29, 0.717) is 32.7 Å². The van der Waals surface area contributed by atoms with Crippen molar-refractivity contribution in [3.8, 4) is 5.75 Å². The number of hydrogen-bond acceptors (Lipinski definition) is 4. The Labute approximate surface area is 189 Å². The highest BCUT2D eigenvalue weighted by molar-refractivity contribution is 5.95. The van der Waals surface area contributed by atoms with E-state index in [1.54, 1.807) is 7.11 Å². The number of nitrogens with zero attached hydrogens (tertiary/aromatic N) is 1. The average molecular weight is 437 g/mol. The second-order valence-electron chi connectivity index (χ2n) is 8.88. The van der Waals surface area contributed by atoms with Crippen LogP contribution in [0, 0.1) is 6.92 Å². The molecule has 6 heteroatoms. The number of para-hydroxylation sites is 1. The summed E-state index contributed by atoms with van der Waals surface area (Å²) in [5.74, 6) is 1.09. The van der Waals surface area contributed by atoms with Gasteiger partial charge in [-0.3, -0.25) is 9.59 Å². The Morgan fingerprint density at radius 3 is 2.59 bits per heavy atom. The minimum absolute atomic E-state index is 0.0334. The van der Waals surface area contributed by atoms with Crippen LogP contribution in [0.5, 0.6) is 5.75 Å². The number of aryl methyl sites for hydroxylation is 1. The van der Waals surface area contributed by atoms with Gasteiger partial charge in [0.25, 0.3) is 5.91 Å². The molecule has 0 aliphatic carbocycles. The number of fused-ring (bicyclic) bond motifs is 1. The fourth-order valence-corrected chi connectivity index (χ4v) is 4.92. The van der Waals surface area contributed by atoms with Crippen molar-refractivity contribution in [1.82, 2.24) is 10.2 Å². The van der Waals surface area contributed by atoms with E-state index >= 15 is 0 Å². The van der Waals surface area contributed by atoms with Gasteiger partial charge in [-0.1, -0.05) is 36.4 Å². The van der Waals surface area contributed by atoms with Crippen molar-refractivity contribution in [3.05, 3.63) is 65.2 Å². The summed E-state index contributed by atoms with van der Waals surface area (Å²) >= 11 is 0. The van der Waals surface area contributed by atoms with Crippen molar-refractivity contribution in [3.63, 3.8) is 0 Å². The summed E-state index contributed by atoms with van der Waals surface area (Å²) in [5, 5.41) is 2.94. The van der Waals surface area contributed by atoms with Gasteiger partial charge in [0.15, 0.2) is 0 Å². The van der Waals surface area contributed by atoms with E-state index in [4.69, 9.17) is 9.47 Å². The highest BCUT2D eigenvalue weighted by Crippen LogP contribution is 2.46. The maximum Gasteiger partial charge on any atom is 0.254 e. The molecule has 1 fully saturated rings. The Bertz CT molecular complexity index is 966. The normalized spacial score (nSPS) is 19.2. The van der Waals surface area contributed by atoms with Gasteiger partial charge in [-0.05, 0) is 36.6 Å². The molecule has 2 aromatic carbocycles. The van der Waals surface area contributed by atoms with E-state index in [9.17, 15) is 9.59 Å². The molecule has 1 atom stereocenters. The summed E-state index contributed by atoms with van der Waals surface area (Å²) < 4.78 is 11.6. The molecular formula is C26H32N2O4. The first-order valence-corrected chi connectivity index (χ1v) is 11.4. The van der Waals surface area contributed by atoms with Gasteiger partial charge in [-0.25, -0.2) is 0 Å². The molecule has 4 rings (SSSR count). The SMILES string of the molecule is COCCNC(=O)CC1CC2(CCN(C(=O)c3ccccc3C)CC2)Oc2ccccc21. The molecule has 0 bridgehead atoms. The number of nitrogens with one attached hydrogen (secondary N) is 1. The molecule has 0 radical (unpaired) electrons. The number of benzene rings is 2. The number of piperidine rings is 1. The number of carbonyl (C=O) groups is 2. The maximum atomic E-state index is 13.0. The molecule has 1 unspecified atom stereocenters. The summed E-state index contributed by atoms with van der Waals surface area (Å²) in [6.07, 6.45) is 2.74. The molecule has 0 aromatic heterocycles. The summed E-state index contributed by atoms with van der Waals surface area (Å²) in [6.45, 7) is 4.30. The van der Waals surface area contributed by atoms with E-state index in [2.05, 4.69) is 11.4 Å². The molecule has 32 heavy (non-hydrogen) atoms. The van der Waals surface area contributed by atoms with Gasteiger partial charge < -0.3 is 19.7 Å². The van der Waals surface area contributed by atoms with Gasteiger partial charge >= 0.3 is 0 Å². The van der Waals surface area contributed by atoms with Crippen LogP contribution in [0.4, 0.5) is 0 Å². The summed E-state index contributed by atoms with van der Waals surface area (Å²) in [6, 6.07) is 15.8. The van der Waals surface area contributed by atoms with Crippen molar-refractivity contribution in [1.29, 1.82) is 0 Å². The van der Waals surface area contributed by atoms with Crippen LogP contribution >= 0.6 is 0 Å². The Morgan fingerprint density at radius 2 is 1.84 bits per heavy atom. The topological polar surface area (TPSA) is 67.9 Å². The first kappa shape index (κ1) is 22.3. The lowest BCUT2D eigenvalue weighted by molar-refractivity contribution is -0.122. The number of likely N-dealkylation sites (tertiary alicyclic amines) is 1. The summed E-state index contributed by atoms with van der Waals surface area (Å²) in [5.41, 5.74) is 2.52. The Kier molecular flexibility index (Phi) is 6.80. The van der Waals surface area contributed by atoms with E-state index in [-0.39, 0.29) is 23.3 Å². The van der Waals surface area contributed by atoms with Crippen molar-refractivity contribution >= 4 is 11.8 Å². The number of carbonyl (C=O) groups excluding carboxylic acids is 2. The van der Waals surface area contributed by atoms with Crippen LogP contribution < -0.4 is 10.1 Å². The van der Waals surface area contributed by atoms with Gasteiger partial charge in [0.2, 0.25) is 5.91 Å². The third kappa shape index (κ3) is 4.80. The van der Waals surface area contributed by atoms with Crippen LogP contribution in [0.2, 0.25) is 0 Å². The molecule has 1 spiro atoms. The zero-order chi connectivity index (χ0) is 22.6. The first-order valence-electron chi connectivity index (χ1n) is 11.4. The van der Waals surface area contributed by atoms with E-state index in [1.807, 2.05) is 54.3 Å². The Morgan fingerprint density at radius 1 is 1.12 bits per heavy atom. The highest BCUT2D eigenvalue weighted by Gasteiger charge is 2.44. The number of ether oxygens (including phenoxy) is 2. The molecule has 2 heterocycles. The van der Waals surface area contributed by atoms with Crippen molar-refractivity contribution in [2.45, 2.75) is 44.1 Å². The predicted molar refractivity (Wildman–Crippen MR) is 123 cm³/mol. The largest absolute Gasteiger partial charge is 0.487 e.